The highest BCUT2D eigenvalue weighted by molar-refractivity contribution is 4.69. The van der Waals surface area contributed by atoms with Gasteiger partial charge < -0.3 is 15.2 Å². The number of ether oxygens (including phenoxy) is 1. The molecule has 0 bridgehead atoms. The Morgan fingerprint density at radius 2 is 1.79 bits per heavy atom. The molecule has 1 rings (SSSR count). The largest absolute Gasteiger partial charge is 0.389 e. The van der Waals surface area contributed by atoms with E-state index in [1.807, 2.05) is 0 Å². The lowest BCUT2D eigenvalue weighted by atomic mass is 9.98. The second-order valence-electron chi connectivity index (χ2n) is 6.53. The van der Waals surface area contributed by atoms with Crippen molar-refractivity contribution in [2.45, 2.75) is 84.0 Å². The third kappa shape index (κ3) is 8.61. The Morgan fingerprint density at radius 1 is 1.11 bits per heavy atom. The maximum absolute atomic E-state index is 9.92. The van der Waals surface area contributed by atoms with Crippen LogP contribution in [0.25, 0.3) is 0 Å². The Balaban J connectivity index is 2.01. The van der Waals surface area contributed by atoms with Gasteiger partial charge in [0.2, 0.25) is 0 Å². The maximum Gasteiger partial charge on any atom is 0.0897 e. The number of hydrogen-bond donors (Lipinski definition) is 2. The van der Waals surface area contributed by atoms with Gasteiger partial charge in [-0.3, -0.25) is 0 Å². The van der Waals surface area contributed by atoms with E-state index in [9.17, 15) is 5.11 Å². The molecular formula is C16H33NO2. The van der Waals surface area contributed by atoms with Crippen LogP contribution in [-0.4, -0.2) is 36.5 Å². The highest BCUT2D eigenvalue weighted by Crippen LogP contribution is 2.20. The highest BCUT2D eigenvalue weighted by Gasteiger charge is 2.15. The van der Waals surface area contributed by atoms with Crippen molar-refractivity contribution in [1.82, 2.24) is 5.32 Å². The van der Waals surface area contributed by atoms with Gasteiger partial charge in [0, 0.05) is 12.6 Å². The van der Waals surface area contributed by atoms with Crippen LogP contribution in [0.2, 0.25) is 0 Å². The van der Waals surface area contributed by atoms with Gasteiger partial charge in [-0.25, -0.2) is 0 Å². The number of aliphatic hydroxyl groups excluding tert-OH is 1. The van der Waals surface area contributed by atoms with Crippen LogP contribution in [0, 0.1) is 5.92 Å². The topological polar surface area (TPSA) is 41.5 Å². The molecule has 0 heterocycles. The minimum absolute atomic E-state index is 0.372. The summed E-state index contributed by atoms with van der Waals surface area (Å²) in [6.45, 7) is 7.82. The van der Waals surface area contributed by atoms with E-state index in [4.69, 9.17) is 4.74 Å². The van der Waals surface area contributed by atoms with E-state index >= 15 is 0 Å². The van der Waals surface area contributed by atoms with E-state index in [-0.39, 0.29) is 6.10 Å². The lowest BCUT2D eigenvalue weighted by molar-refractivity contribution is -0.0235. The van der Waals surface area contributed by atoms with E-state index in [0.29, 0.717) is 25.3 Å². The van der Waals surface area contributed by atoms with Gasteiger partial charge in [0.15, 0.2) is 0 Å². The first-order chi connectivity index (χ1) is 9.08. The third-order valence-electron chi connectivity index (χ3n) is 3.96. The Morgan fingerprint density at radius 3 is 2.42 bits per heavy atom. The summed E-state index contributed by atoms with van der Waals surface area (Å²) < 4.78 is 5.79. The van der Waals surface area contributed by atoms with Crippen molar-refractivity contribution >= 4 is 0 Å². The van der Waals surface area contributed by atoms with Crippen molar-refractivity contribution in [2.75, 3.05) is 13.2 Å². The monoisotopic (exact) mass is 271 g/mol. The number of rotatable bonds is 9. The molecule has 1 fully saturated rings. The molecule has 0 saturated heterocycles. The molecule has 0 aromatic heterocycles. The maximum atomic E-state index is 9.92. The fourth-order valence-electron chi connectivity index (χ4n) is 2.56. The van der Waals surface area contributed by atoms with Gasteiger partial charge in [-0.2, -0.15) is 0 Å². The van der Waals surface area contributed by atoms with Crippen molar-refractivity contribution in [3.63, 3.8) is 0 Å². The van der Waals surface area contributed by atoms with E-state index < -0.39 is 0 Å². The molecule has 114 valence electrons. The summed E-state index contributed by atoms with van der Waals surface area (Å²) in [5, 5.41) is 13.3. The van der Waals surface area contributed by atoms with E-state index in [1.165, 1.54) is 44.9 Å². The molecule has 2 atom stereocenters. The first-order valence-electron chi connectivity index (χ1n) is 8.11. The SMILES string of the molecule is CC(C)CC[C@@H](C)NC[C@H](O)COC1CCCCC1. The van der Waals surface area contributed by atoms with Crippen LogP contribution < -0.4 is 5.32 Å². The second kappa shape index (κ2) is 9.73. The second-order valence-corrected chi connectivity index (χ2v) is 6.53. The molecule has 3 nitrogen and oxygen atoms in total. The Bertz CT molecular complexity index is 215. The highest BCUT2D eigenvalue weighted by atomic mass is 16.5. The Labute approximate surface area is 119 Å². The lowest BCUT2D eigenvalue weighted by Crippen LogP contribution is -2.37. The van der Waals surface area contributed by atoms with Gasteiger partial charge in [0.05, 0.1) is 18.8 Å². The van der Waals surface area contributed by atoms with Gasteiger partial charge in [-0.05, 0) is 38.5 Å². The van der Waals surface area contributed by atoms with Crippen LogP contribution in [0.4, 0.5) is 0 Å². The Kier molecular flexibility index (Phi) is 8.67. The lowest BCUT2D eigenvalue weighted by Gasteiger charge is -2.24. The molecule has 0 aromatic carbocycles. The van der Waals surface area contributed by atoms with Crippen molar-refractivity contribution in [2.24, 2.45) is 5.92 Å². The molecule has 1 aliphatic rings. The van der Waals surface area contributed by atoms with Crippen LogP contribution in [0.15, 0.2) is 0 Å². The molecule has 0 aliphatic heterocycles. The van der Waals surface area contributed by atoms with Gasteiger partial charge in [-0.15, -0.1) is 0 Å². The van der Waals surface area contributed by atoms with Crippen molar-refractivity contribution < 1.29 is 9.84 Å². The van der Waals surface area contributed by atoms with Gasteiger partial charge >= 0.3 is 0 Å². The molecule has 2 N–H and O–H groups in total. The van der Waals surface area contributed by atoms with Gasteiger partial charge in [0.1, 0.15) is 0 Å². The quantitative estimate of drug-likeness (QED) is 0.677. The molecule has 3 heteroatoms. The minimum Gasteiger partial charge on any atom is -0.389 e. The van der Waals surface area contributed by atoms with Gasteiger partial charge in [-0.1, -0.05) is 33.1 Å². The third-order valence-corrected chi connectivity index (χ3v) is 3.96. The fraction of sp³-hybridized carbons (Fsp3) is 1.00. The molecule has 0 aromatic rings. The fourth-order valence-corrected chi connectivity index (χ4v) is 2.56. The zero-order chi connectivity index (χ0) is 14.1. The molecule has 19 heavy (non-hydrogen) atoms. The molecule has 0 radical (unpaired) electrons. The normalized spacial score (nSPS) is 20.7. The van der Waals surface area contributed by atoms with Crippen LogP contribution >= 0.6 is 0 Å². The van der Waals surface area contributed by atoms with Crippen molar-refractivity contribution in [1.29, 1.82) is 0 Å². The zero-order valence-corrected chi connectivity index (χ0v) is 13.0. The molecule has 1 aliphatic carbocycles. The predicted molar refractivity (Wildman–Crippen MR) is 80.4 cm³/mol. The zero-order valence-electron chi connectivity index (χ0n) is 13.0. The predicted octanol–water partition coefficient (Wildman–Crippen LogP) is 3.11. The standard InChI is InChI=1S/C16H33NO2/c1-13(2)9-10-14(3)17-11-15(18)12-19-16-7-5-4-6-8-16/h13-18H,4-12H2,1-3H3/t14-,15+/m1/s1. The first kappa shape index (κ1) is 16.9. The van der Waals surface area contributed by atoms with Crippen LogP contribution in [0.1, 0.15) is 65.7 Å². The summed E-state index contributed by atoms with van der Waals surface area (Å²) in [6, 6.07) is 0.478. The summed E-state index contributed by atoms with van der Waals surface area (Å²) in [6.07, 6.45) is 8.69. The molecule has 0 unspecified atom stereocenters. The molecule has 0 amide bonds. The van der Waals surface area contributed by atoms with Crippen molar-refractivity contribution in [3.05, 3.63) is 0 Å². The van der Waals surface area contributed by atoms with E-state index in [0.717, 1.165) is 5.92 Å². The average Bonchev–Trinajstić information content (AvgIpc) is 2.41. The van der Waals surface area contributed by atoms with Crippen LogP contribution in [0.3, 0.4) is 0 Å². The van der Waals surface area contributed by atoms with Crippen LogP contribution in [-0.2, 0) is 4.74 Å². The summed E-state index contributed by atoms with van der Waals surface area (Å²) >= 11 is 0. The summed E-state index contributed by atoms with van der Waals surface area (Å²) in [7, 11) is 0. The number of hydrogen-bond acceptors (Lipinski definition) is 3. The molecular weight excluding hydrogens is 238 g/mol. The Hall–Kier alpha value is -0.120. The van der Waals surface area contributed by atoms with E-state index in [2.05, 4.69) is 26.1 Å². The first-order valence-corrected chi connectivity index (χ1v) is 8.11. The van der Waals surface area contributed by atoms with Crippen molar-refractivity contribution in [3.8, 4) is 0 Å². The number of nitrogens with one attached hydrogen (secondary N) is 1. The van der Waals surface area contributed by atoms with E-state index in [1.54, 1.807) is 0 Å². The minimum atomic E-state index is -0.372. The summed E-state index contributed by atoms with van der Waals surface area (Å²) in [5.41, 5.74) is 0. The van der Waals surface area contributed by atoms with Gasteiger partial charge in [0.25, 0.3) is 0 Å². The smallest absolute Gasteiger partial charge is 0.0897 e. The average molecular weight is 271 g/mol. The molecule has 1 saturated carbocycles. The number of aliphatic hydroxyl groups is 1. The van der Waals surface area contributed by atoms with Crippen LogP contribution in [0.5, 0.6) is 0 Å². The summed E-state index contributed by atoms with van der Waals surface area (Å²) in [5.74, 6) is 0.754. The molecule has 0 spiro atoms. The summed E-state index contributed by atoms with van der Waals surface area (Å²) in [4.78, 5) is 0.